The fourth-order valence-electron chi connectivity index (χ4n) is 4.00. The topological polar surface area (TPSA) is 68.5 Å². The number of benzene rings is 1. The first-order chi connectivity index (χ1) is 12.7. The number of aromatic nitrogens is 2. The van der Waals surface area contributed by atoms with Crippen LogP contribution in [0.3, 0.4) is 0 Å². The number of amides is 1. The van der Waals surface area contributed by atoms with Crippen molar-refractivity contribution in [1.82, 2.24) is 15.0 Å². The standard InChI is InChI=1S/C19H22ClN3O3/c1-25-16-10-13(20)7-8-15(16)19-21-18(22-26-19)12-9-17(24)23(11-12)14-5-3-2-4-6-14/h7-8,10,12,14H,2-6,9,11H2,1H3/t12-/m1/s1. The van der Waals surface area contributed by atoms with E-state index in [4.69, 9.17) is 20.9 Å². The lowest BCUT2D eigenvalue weighted by atomic mass is 9.94. The summed E-state index contributed by atoms with van der Waals surface area (Å²) in [5.41, 5.74) is 0.698. The van der Waals surface area contributed by atoms with Crippen molar-refractivity contribution in [3.8, 4) is 17.2 Å². The van der Waals surface area contributed by atoms with Crippen LogP contribution in [0.25, 0.3) is 11.5 Å². The lowest BCUT2D eigenvalue weighted by Gasteiger charge is -2.31. The van der Waals surface area contributed by atoms with Crippen molar-refractivity contribution < 1.29 is 14.1 Å². The first-order valence-electron chi connectivity index (χ1n) is 9.12. The molecule has 2 heterocycles. The number of rotatable bonds is 4. The summed E-state index contributed by atoms with van der Waals surface area (Å²) in [5.74, 6) is 1.75. The van der Waals surface area contributed by atoms with Crippen LogP contribution in [0.2, 0.25) is 5.02 Å². The second kappa shape index (κ2) is 7.27. The highest BCUT2D eigenvalue weighted by Gasteiger charge is 2.37. The van der Waals surface area contributed by atoms with E-state index < -0.39 is 0 Å². The van der Waals surface area contributed by atoms with Crippen molar-refractivity contribution in [2.45, 2.75) is 50.5 Å². The van der Waals surface area contributed by atoms with Gasteiger partial charge in [0.2, 0.25) is 5.91 Å². The normalized spacial score (nSPS) is 21.4. The Labute approximate surface area is 157 Å². The molecule has 0 unspecified atom stereocenters. The van der Waals surface area contributed by atoms with E-state index in [-0.39, 0.29) is 11.8 Å². The summed E-state index contributed by atoms with van der Waals surface area (Å²) < 4.78 is 10.8. The van der Waals surface area contributed by atoms with Gasteiger partial charge in [0.15, 0.2) is 5.82 Å². The van der Waals surface area contributed by atoms with Gasteiger partial charge >= 0.3 is 0 Å². The number of ether oxygens (including phenoxy) is 1. The Morgan fingerprint density at radius 2 is 2.08 bits per heavy atom. The summed E-state index contributed by atoms with van der Waals surface area (Å²) >= 11 is 6.01. The van der Waals surface area contributed by atoms with Crippen molar-refractivity contribution in [3.05, 3.63) is 29.0 Å². The molecule has 138 valence electrons. The van der Waals surface area contributed by atoms with Gasteiger partial charge in [0.05, 0.1) is 12.7 Å². The SMILES string of the molecule is COc1cc(Cl)ccc1-c1nc([C@@H]2CC(=O)N(C3CCCCC3)C2)no1. The van der Waals surface area contributed by atoms with Gasteiger partial charge in [-0.1, -0.05) is 36.0 Å². The molecule has 1 aromatic carbocycles. The molecule has 4 rings (SSSR count). The van der Waals surface area contributed by atoms with Gasteiger partial charge in [-0.3, -0.25) is 4.79 Å². The molecule has 0 N–H and O–H groups in total. The Morgan fingerprint density at radius 1 is 1.27 bits per heavy atom. The molecule has 1 atom stereocenters. The van der Waals surface area contributed by atoms with Crippen LogP contribution in [-0.4, -0.2) is 40.6 Å². The van der Waals surface area contributed by atoms with Crippen molar-refractivity contribution in [2.75, 3.05) is 13.7 Å². The molecular formula is C19H22ClN3O3. The molecule has 1 aliphatic heterocycles. The van der Waals surface area contributed by atoms with E-state index in [0.717, 1.165) is 12.8 Å². The maximum absolute atomic E-state index is 12.5. The summed E-state index contributed by atoms with van der Waals surface area (Å²) in [6.45, 7) is 0.681. The van der Waals surface area contributed by atoms with E-state index in [1.54, 1.807) is 25.3 Å². The molecule has 2 aromatic rings. The predicted molar refractivity (Wildman–Crippen MR) is 97.2 cm³/mol. The minimum atomic E-state index is -0.0137. The molecule has 0 radical (unpaired) electrons. The molecule has 1 amide bonds. The summed E-state index contributed by atoms with van der Waals surface area (Å²) in [7, 11) is 1.57. The molecule has 6 nitrogen and oxygen atoms in total. The van der Waals surface area contributed by atoms with Crippen LogP contribution in [0.1, 0.15) is 50.3 Å². The predicted octanol–water partition coefficient (Wildman–Crippen LogP) is 4.05. The Hall–Kier alpha value is -2.08. The van der Waals surface area contributed by atoms with Gasteiger partial charge in [-0.2, -0.15) is 4.98 Å². The molecule has 1 aromatic heterocycles. The zero-order valence-corrected chi connectivity index (χ0v) is 15.5. The maximum Gasteiger partial charge on any atom is 0.261 e. The largest absolute Gasteiger partial charge is 0.496 e. The number of carbonyl (C=O) groups is 1. The highest BCUT2D eigenvalue weighted by Crippen LogP contribution is 2.35. The van der Waals surface area contributed by atoms with Crippen LogP contribution >= 0.6 is 11.6 Å². The van der Waals surface area contributed by atoms with Crippen LogP contribution in [0.4, 0.5) is 0 Å². The van der Waals surface area contributed by atoms with Crippen LogP contribution in [0, 0.1) is 0 Å². The number of likely N-dealkylation sites (tertiary alicyclic amines) is 1. The van der Waals surface area contributed by atoms with E-state index in [0.29, 0.717) is 47.1 Å². The van der Waals surface area contributed by atoms with Crippen molar-refractivity contribution in [1.29, 1.82) is 0 Å². The molecule has 26 heavy (non-hydrogen) atoms. The molecule has 0 bridgehead atoms. The molecule has 1 aliphatic carbocycles. The average Bonchev–Trinajstić information content (AvgIpc) is 3.29. The number of halogens is 1. The quantitative estimate of drug-likeness (QED) is 0.806. The monoisotopic (exact) mass is 375 g/mol. The molecule has 1 saturated heterocycles. The van der Waals surface area contributed by atoms with Gasteiger partial charge in [-0.15, -0.1) is 0 Å². The summed E-state index contributed by atoms with van der Waals surface area (Å²) in [6.07, 6.45) is 6.37. The van der Waals surface area contributed by atoms with Crippen LogP contribution < -0.4 is 4.74 Å². The first kappa shape index (κ1) is 17.3. The first-order valence-corrected chi connectivity index (χ1v) is 9.50. The number of nitrogens with zero attached hydrogens (tertiary/aromatic N) is 3. The third kappa shape index (κ3) is 3.30. The minimum Gasteiger partial charge on any atom is -0.496 e. The highest BCUT2D eigenvalue weighted by atomic mass is 35.5. The van der Waals surface area contributed by atoms with E-state index in [1.807, 2.05) is 4.90 Å². The van der Waals surface area contributed by atoms with Crippen molar-refractivity contribution in [3.63, 3.8) is 0 Å². The lowest BCUT2D eigenvalue weighted by molar-refractivity contribution is -0.130. The van der Waals surface area contributed by atoms with Gasteiger partial charge in [-0.25, -0.2) is 0 Å². The fourth-order valence-corrected chi connectivity index (χ4v) is 4.16. The zero-order valence-electron chi connectivity index (χ0n) is 14.8. The second-order valence-electron chi connectivity index (χ2n) is 7.04. The molecule has 2 aliphatic rings. The van der Waals surface area contributed by atoms with Gasteiger partial charge < -0.3 is 14.2 Å². The average molecular weight is 376 g/mol. The molecule has 2 fully saturated rings. The van der Waals surface area contributed by atoms with Crippen LogP contribution in [0.15, 0.2) is 22.7 Å². The van der Waals surface area contributed by atoms with E-state index >= 15 is 0 Å². The second-order valence-corrected chi connectivity index (χ2v) is 7.48. The molecule has 1 saturated carbocycles. The molecular weight excluding hydrogens is 354 g/mol. The Kier molecular flexibility index (Phi) is 4.85. The van der Waals surface area contributed by atoms with E-state index in [1.165, 1.54) is 19.3 Å². The number of hydrogen-bond donors (Lipinski definition) is 0. The Morgan fingerprint density at radius 3 is 2.85 bits per heavy atom. The lowest BCUT2D eigenvalue weighted by Crippen LogP contribution is -2.37. The summed E-state index contributed by atoms with van der Waals surface area (Å²) in [6, 6.07) is 5.65. The summed E-state index contributed by atoms with van der Waals surface area (Å²) in [4.78, 5) is 19.0. The zero-order chi connectivity index (χ0) is 18.1. The van der Waals surface area contributed by atoms with Crippen molar-refractivity contribution >= 4 is 17.5 Å². The number of hydrogen-bond acceptors (Lipinski definition) is 5. The number of methoxy groups -OCH3 is 1. The fraction of sp³-hybridized carbons (Fsp3) is 0.526. The van der Waals surface area contributed by atoms with Gasteiger partial charge in [0.25, 0.3) is 5.89 Å². The van der Waals surface area contributed by atoms with Crippen LogP contribution in [-0.2, 0) is 4.79 Å². The van der Waals surface area contributed by atoms with Crippen LogP contribution in [0.5, 0.6) is 5.75 Å². The minimum absolute atomic E-state index is 0.0137. The van der Waals surface area contributed by atoms with Gasteiger partial charge in [-0.05, 0) is 31.0 Å². The third-order valence-electron chi connectivity index (χ3n) is 5.37. The maximum atomic E-state index is 12.5. The van der Waals surface area contributed by atoms with E-state index in [9.17, 15) is 4.79 Å². The smallest absolute Gasteiger partial charge is 0.261 e. The van der Waals surface area contributed by atoms with E-state index in [2.05, 4.69) is 10.1 Å². The highest BCUT2D eigenvalue weighted by molar-refractivity contribution is 6.30. The molecule has 0 spiro atoms. The number of carbonyl (C=O) groups excluding carboxylic acids is 1. The third-order valence-corrected chi connectivity index (χ3v) is 5.61. The Balaban J connectivity index is 1.53. The van der Waals surface area contributed by atoms with Gasteiger partial charge in [0.1, 0.15) is 5.75 Å². The Bertz CT molecular complexity index is 801. The van der Waals surface area contributed by atoms with Crippen molar-refractivity contribution in [2.24, 2.45) is 0 Å². The van der Waals surface area contributed by atoms with Gasteiger partial charge in [0, 0.05) is 29.9 Å². The summed E-state index contributed by atoms with van der Waals surface area (Å²) in [5, 5.41) is 4.71. The molecule has 7 heteroatoms.